The molecule has 0 aromatic heterocycles. The first-order valence-corrected chi connectivity index (χ1v) is 9.37. The molecule has 0 heterocycles. The molecule has 0 unspecified atom stereocenters. The number of amides is 1. The summed E-state index contributed by atoms with van der Waals surface area (Å²) in [6.07, 6.45) is -0.0927. The Kier molecular flexibility index (Phi) is 6.41. The molecule has 1 N–H and O–H groups in total. The van der Waals surface area contributed by atoms with Crippen LogP contribution in [-0.4, -0.2) is 34.3 Å². The molecule has 2 rings (SSSR count). The van der Waals surface area contributed by atoms with Gasteiger partial charge in [0.2, 0.25) is 5.91 Å². The summed E-state index contributed by atoms with van der Waals surface area (Å²) in [6.45, 7) is 0.282. The topological polar surface area (TPSA) is 81.7 Å². The average molecular weight is 363 g/mol. The number of sulfone groups is 1. The molecule has 2 aromatic carbocycles. The van der Waals surface area contributed by atoms with E-state index in [4.69, 9.17) is 9.47 Å². The minimum absolute atomic E-state index is 0.0927. The zero-order valence-electron chi connectivity index (χ0n) is 14.2. The third kappa shape index (κ3) is 5.22. The lowest BCUT2D eigenvalue weighted by Gasteiger charge is -2.10. The molecule has 0 atom stereocenters. The number of hydrogen-bond donors (Lipinski definition) is 1. The van der Waals surface area contributed by atoms with Crippen molar-refractivity contribution in [3.63, 3.8) is 0 Å². The van der Waals surface area contributed by atoms with Crippen molar-refractivity contribution >= 4 is 15.7 Å². The van der Waals surface area contributed by atoms with Crippen molar-refractivity contribution in [2.24, 2.45) is 0 Å². The molecule has 0 spiro atoms. The predicted octanol–water partition coefficient (Wildman–Crippen LogP) is 2.18. The van der Waals surface area contributed by atoms with Crippen LogP contribution in [0.1, 0.15) is 12.0 Å². The highest BCUT2D eigenvalue weighted by Crippen LogP contribution is 2.27. The number of benzene rings is 2. The number of nitrogens with one attached hydrogen (secondary N) is 1. The van der Waals surface area contributed by atoms with Crippen LogP contribution in [0, 0.1) is 0 Å². The molecule has 0 aliphatic rings. The summed E-state index contributed by atoms with van der Waals surface area (Å²) < 4.78 is 34.7. The Bertz CT molecular complexity index is 819. The standard InChI is InChI=1S/C18H21NO5S/c1-23-16-9-8-14(12-17(16)24-2)13-19-18(20)10-11-25(21,22)15-6-4-3-5-7-15/h3-9,12H,10-11,13H2,1-2H3,(H,19,20). The van der Waals surface area contributed by atoms with Crippen LogP contribution in [0.5, 0.6) is 11.5 Å². The van der Waals surface area contributed by atoms with Crippen LogP contribution in [0.4, 0.5) is 0 Å². The molecular weight excluding hydrogens is 342 g/mol. The second-order valence-corrected chi connectivity index (χ2v) is 7.46. The van der Waals surface area contributed by atoms with E-state index in [1.54, 1.807) is 37.4 Å². The molecule has 7 heteroatoms. The Labute approximate surface area is 147 Å². The van der Waals surface area contributed by atoms with Crippen LogP contribution in [0.3, 0.4) is 0 Å². The van der Waals surface area contributed by atoms with E-state index >= 15 is 0 Å². The fourth-order valence-corrected chi connectivity index (χ4v) is 3.51. The van der Waals surface area contributed by atoms with E-state index in [0.29, 0.717) is 11.5 Å². The average Bonchev–Trinajstić information content (AvgIpc) is 2.65. The van der Waals surface area contributed by atoms with Crippen LogP contribution in [0.25, 0.3) is 0 Å². The van der Waals surface area contributed by atoms with Crippen molar-refractivity contribution in [3.8, 4) is 11.5 Å². The summed E-state index contributed by atoms with van der Waals surface area (Å²) >= 11 is 0. The van der Waals surface area contributed by atoms with Gasteiger partial charge in [-0.1, -0.05) is 24.3 Å². The van der Waals surface area contributed by atoms with Crippen molar-refractivity contribution < 1.29 is 22.7 Å². The van der Waals surface area contributed by atoms with E-state index in [2.05, 4.69) is 5.32 Å². The molecule has 6 nitrogen and oxygen atoms in total. The van der Waals surface area contributed by atoms with Gasteiger partial charge in [-0.15, -0.1) is 0 Å². The van der Waals surface area contributed by atoms with E-state index in [9.17, 15) is 13.2 Å². The number of carbonyl (C=O) groups is 1. The Morgan fingerprint density at radius 1 is 1.00 bits per heavy atom. The summed E-state index contributed by atoms with van der Waals surface area (Å²) in [5.74, 6) is 0.621. The zero-order valence-corrected chi connectivity index (χ0v) is 15.0. The molecule has 2 aromatic rings. The predicted molar refractivity (Wildman–Crippen MR) is 94.5 cm³/mol. The van der Waals surface area contributed by atoms with E-state index in [-0.39, 0.29) is 29.5 Å². The first-order chi connectivity index (χ1) is 12.0. The minimum Gasteiger partial charge on any atom is -0.493 e. The monoisotopic (exact) mass is 363 g/mol. The molecule has 0 fully saturated rings. The van der Waals surface area contributed by atoms with Gasteiger partial charge in [-0.05, 0) is 29.8 Å². The maximum atomic E-state index is 12.2. The molecule has 25 heavy (non-hydrogen) atoms. The summed E-state index contributed by atoms with van der Waals surface area (Å²) in [5.41, 5.74) is 0.830. The Balaban J connectivity index is 1.89. The molecular formula is C18H21NO5S. The third-order valence-electron chi connectivity index (χ3n) is 3.64. The van der Waals surface area contributed by atoms with E-state index < -0.39 is 9.84 Å². The highest BCUT2D eigenvalue weighted by molar-refractivity contribution is 7.91. The lowest BCUT2D eigenvalue weighted by atomic mass is 10.2. The normalized spacial score (nSPS) is 11.0. The molecule has 1 amide bonds. The molecule has 0 saturated heterocycles. The van der Waals surface area contributed by atoms with Gasteiger partial charge >= 0.3 is 0 Å². The fraction of sp³-hybridized carbons (Fsp3) is 0.278. The second kappa shape index (κ2) is 8.53. The Morgan fingerprint density at radius 2 is 1.68 bits per heavy atom. The van der Waals surface area contributed by atoms with Crippen LogP contribution in [0.2, 0.25) is 0 Å². The molecule has 0 aliphatic carbocycles. The minimum atomic E-state index is -3.46. The highest BCUT2D eigenvalue weighted by Gasteiger charge is 2.16. The van der Waals surface area contributed by atoms with Gasteiger partial charge in [-0.25, -0.2) is 8.42 Å². The molecule has 0 aliphatic heterocycles. The van der Waals surface area contributed by atoms with Gasteiger partial charge in [0, 0.05) is 13.0 Å². The number of ether oxygens (including phenoxy) is 2. The quantitative estimate of drug-likeness (QED) is 0.777. The molecule has 0 radical (unpaired) electrons. The second-order valence-electron chi connectivity index (χ2n) is 5.35. The third-order valence-corrected chi connectivity index (χ3v) is 5.37. The van der Waals surface area contributed by atoms with E-state index in [1.165, 1.54) is 19.2 Å². The molecule has 0 bridgehead atoms. The van der Waals surface area contributed by atoms with Gasteiger partial charge in [-0.3, -0.25) is 4.79 Å². The summed E-state index contributed by atoms with van der Waals surface area (Å²) in [5, 5.41) is 2.71. The van der Waals surface area contributed by atoms with Crippen molar-refractivity contribution in [1.29, 1.82) is 0 Å². The zero-order chi connectivity index (χ0) is 18.3. The van der Waals surface area contributed by atoms with Gasteiger partial charge in [0.1, 0.15) is 0 Å². The number of hydrogen-bond acceptors (Lipinski definition) is 5. The van der Waals surface area contributed by atoms with Crippen LogP contribution < -0.4 is 14.8 Å². The van der Waals surface area contributed by atoms with Crippen LogP contribution in [-0.2, 0) is 21.2 Å². The van der Waals surface area contributed by atoms with Gasteiger partial charge in [0.05, 0.1) is 24.9 Å². The molecule has 134 valence electrons. The van der Waals surface area contributed by atoms with Crippen molar-refractivity contribution in [2.45, 2.75) is 17.9 Å². The summed E-state index contributed by atoms with van der Waals surface area (Å²) in [7, 11) is -0.371. The first-order valence-electron chi connectivity index (χ1n) is 7.71. The van der Waals surface area contributed by atoms with Crippen LogP contribution >= 0.6 is 0 Å². The Morgan fingerprint density at radius 3 is 2.32 bits per heavy atom. The number of methoxy groups -OCH3 is 2. The molecule has 0 saturated carbocycles. The van der Waals surface area contributed by atoms with Gasteiger partial charge < -0.3 is 14.8 Å². The summed E-state index contributed by atoms with van der Waals surface area (Å²) in [6, 6.07) is 13.4. The lowest BCUT2D eigenvalue weighted by molar-refractivity contribution is -0.120. The number of rotatable bonds is 8. The maximum Gasteiger partial charge on any atom is 0.221 e. The smallest absolute Gasteiger partial charge is 0.221 e. The van der Waals surface area contributed by atoms with Gasteiger partial charge in [0.15, 0.2) is 21.3 Å². The maximum absolute atomic E-state index is 12.2. The van der Waals surface area contributed by atoms with Gasteiger partial charge in [0.25, 0.3) is 0 Å². The fourth-order valence-electron chi connectivity index (χ4n) is 2.25. The number of carbonyl (C=O) groups excluding carboxylic acids is 1. The first kappa shape index (κ1) is 18.8. The highest BCUT2D eigenvalue weighted by atomic mass is 32.2. The lowest BCUT2D eigenvalue weighted by Crippen LogP contribution is -2.25. The van der Waals surface area contributed by atoms with E-state index in [0.717, 1.165) is 5.56 Å². The Hall–Kier alpha value is -2.54. The summed E-state index contributed by atoms with van der Waals surface area (Å²) in [4.78, 5) is 12.2. The SMILES string of the molecule is COc1ccc(CNC(=O)CCS(=O)(=O)c2ccccc2)cc1OC. The van der Waals surface area contributed by atoms with Crippen molar-refractivity contribution in [3.05, 3.63) is 54.1 Å². The van der Waals surface area contributed by atoms with E-state index in [1.807, 2.05) is 6.07 Å². The van der Waals surface area contributed by atoms with Gasteiger partial charge in [-0.2, -0.15) is 0 Å². The van der Waals surface area contributed by atoms with Crippen molar-refractivity contribution in [2.75, 3.05) is 20.0 Å². The van der Waals surface area contributed by atoms with Crippen LogP contribution in [0.15, 0.2) is 53.4 Å². The largest absolute Gasteiger partial charge is 0.493 e. The van der Waals surface area contributed by atoms with Crippen molar-refractivity contribution in [1.82, 2.24) is 5.32 Å².